The van der Waals surface area contributed by atoms with Gasteiger partial charge in [0.05, 0.1) is 5.69 Å². The molecule has 0 saturated heterocycles. The van der Waals surface area contributed by atoms with Crippen molar-refractivity contribution in [2.24, 2.45) is 0 Å². The lowest BCUT2D eigenvalue weighted by atomic mass is 10.3. The number of nitrogens with two attached hydrogens (primary N) is 1. The highest BCUT2D eigenvalue weighted by atomic mass is 127. The molecule has 3 N–H and O–H groups in total. The van der Waals surface area contributed by atoms with Crippen LogP contribution in [0.25, 0.3) is 0 Å². The molecule has 88 valence electrons. The number of hydrogen-bond acceptors (Lipinski definition) is 4. The lowest BCUT2D eigenvalue weighted by Crippen LogP contribution is -2.01. The fraction of sp³-hybridized carbons (Fsp3) is 0. The van der Waals surface area contributed by atoms with Crippen LogP contribution >= 0.6 is 38.5 Å². The molecule has 0 aliphatic heterocycles. The van der Waals surface area contributed by atoms with Gasteiger partial charge in [-0.05, 0) is 56.7 Å². The number of anilines is 3. The summed E-state index contributed by atoms with van der Waals surface area (Å²) in [4.78, 5) is 7.89. The lowest BCUT2D eigenvalue weighted by molar-refractivity contribution is 0.627. The van der Waals surface area contributed by atoms with Crippen LogP contribution in [0.15, 0.2) is 29.0 Å². The predicted octanol–water partition coefficient (Wildman–Crippen LogP) is 3.31. The highest BCUT2D eigenvalue weighted by Crippen LogP contribution is 2.29. The first kappa shape index (κ1) is 12.5. The van der Waals surface area contributed by atoms with E-state index in [9.17, 15) is 4.39 Å². The molecule has 0 atom stereocenters. The maximum absolute atomic E-state index is 12.9. The van der Waals surface area contributed by atoms with E-state index in [1.165, 1.54) is 18.5 Å². The topological polar surface area (TPSA) is 63.8 Å². The van der Waals surface area contributed by atoms with Crippen LogP contribution in [0.5, 0.6) is 0 Å². The molecular formula is C10H7BrFIN4. The summed E-state index contributed by atoms with van der Waals surface area (Å²) >= 11 is 5.33. The minimum absolute atomic E-state index is 0.277. The van der Waals surface area contributed by atoms with Crippen LogP contribution in [0.2, 0.25) is 0 Å². The van der Waals surface area contributed by atoms with Gasteiger partial charge in [-0.25, -0.2) is 14.4 Å². The summed E-state index contributed by atoms with van der Waals surface area (Å²) in [5, 5.41) is 3.06. The third-order valence-corrected chi connectivity index (χ3v) is 3.67. The molecule has 0 aliphatic rings. The highest BCUT2D eigenvalue weighted by molar-refractivity contribution is 14.1. The predicted molar refractivity (Wildman–Crippen MR) is 76.5 cm³/mol. The minimum Gasteiger partial charge on any atom is -0.383 e. The summed E-state index contributed by atoms with van der Waals surface area (Å²) in [5.74, 6) is 0.614. The summed E-state index contributed by atoms with van der Waals surface area (Å²) in [5.41, 5.74) is 6.39. The first-order valence-electron chi connectivity index (χ1n) is 4.56. The van der Waals surface area contributed by atoms with Crippen LogP contribution in [0.3, 0.4) is 0 Å². The van der Waals surface area contributed by atoms with Crippen LogP contribution in [0.4, 0.5) is 21.7 Å². The first-order chi connectivity index (χ1) is 8.08. The second-order valence-corrected chi connectivity index (χ2v) is 5.13. The molecule has 0 bridgehead atoms. The Hall–Kier alpha value is -0.960. The molecule has 17 heavy (non-hydrogen) atoms. The third kappa shape index (κ3) is 2.83. The Morgan fingerprint density at radius 3 is 2.82 bits per heavy atom. The van der Waals surface area contributed by atoms with E-state index in [4.69, 9.17) is 5.73 Å². The lowest BCUT2D eigenvalue weighted by Gasteiger charge is -2.09. The van der Waals surface area contributed by atoms with E-state index >= 15 is 0 Å². The van der Waals surface area contributed by atoms with Crippen LogP contribution in [0.1, 0.15) is 0 Å². The largest absolute Gasteiger partial charge is 0.383 e. The van der Waals surface area contributed by atoms with Crippen molar-refractivity contribution in [3.8, 4) is 0 Å². The number of benzene rings is 1. The first-order valence-corrected chi connectivity index (χ1v) is 6.43. The number of hydrogen-bond donors (Lipinski definition) is 2. The Labute approximate surface area is 119 Å². The van der Waals surface area contributed by atoms with Crippen molar-refractivity contribution in [2.75, 3.05) is 11.1 Å². The van der Waals surface area contributed by atoms with Crippen molar-refractivity contribution in [3.05, 3.63) is 38.4 Å². The highest BCUT2D eigenvalue weighted by Gasteiger charge is 2.08. The smallest absolute Gasteiger partial charge is 0.150 e. The Morgan fingerprint density at radius 2 is 2.12 bits per heavy atom. The van der Waals surface area contributed by atoms with Crippen molar-refractivity contribution in [1.29, 1.82) is 0 Å². The maximum Gasteiger partial charge on any atom is 0.150 e. The molecule has 0 fully saturated rings. The molecule has 0 saturated carbocycles. The van der Waals surface area contributed by atoms with Crippen molar-refractivity contribution < 1.29 is 4.39 Å². The summed E-state index contributed by atoms with van der Waals surface area (Å²) in [6, 6.07) is 4.45. The molecule has 0 aliphatic carbocycles. The molecule has 7 heteroatoms. The Morgan fingerprint density at radius 1 is 1.35 bits per heavy atom. The van der Waals surface area contributed by atoms with E-state index < -0.39 is 0 Å². The number of nitrogens with zero attached hydrogens (tertiary/aromatic N) is 2. The second kappa shape index (κ2) is 5.13. The third-order valence-electron chi connectivity index (χ3n) is 2.00. The monoisotopic (exact) mass is 408 g/mol. The number of aromatic nitrogens is 2. The van der Waals surface area contributed by atoms with E-state index in [1.54, 1.807) is 6.07 Å². The van der Waals surface area contributed by atoms with E-state index in [2.05, 4.69) is 31.2 Å². The maximum atomic E-state index is 12.9. The standard InChI is InChI=1S/C10H7BrFIN4/c11-8-9(14)15-4-16-10(8)17-7-2-1-5(12)3-6(7)13/h1-4H,(H3,14,15,16,17). The van der Waals surface area contributed by atoms with Gasteiger partial charge < -0.3 is 11.1 Å². The summed E-state index contributed by atoms with van der Waals surface area (Å²) in [7, 11) is 0. The average Bonchev–Trinajstić information content (AvgIpc) is 2.28. The number of halogens is 3. The molecule has 0 unspecified atom stereocenters. The second-order valence-electron chi connectivity index (χ2n) is 3.17. The van der Waals surface area contributed by atoms with Crippen molar-refractivity contribution in [1.82, 2.24) is 9.97 Å². The van der Waals surface area contributed by atoms with Crippen LogP contribution in [-0.4, -0.2) is 9.97 Å². The molecule has 1 aromatic carbocycles. The van der Waals surface area contributed by atoms with Crippen molar-refractivity contribution >= 4 is 55.8 Å². The van der Waals surface area contributed by atoms with Crippen LogP contribution < -0.4 is 11.1 Å². The van der Waals surface area contributed by atoms with Gasteiger partial charge >= 0.3 is 0 Å². The van der Waals surface area contributed by atoms with Gasteiger partial charge in [-0.3, -0.25) is 0 Å². The van der Waals surface area contributed by atoms with E-state index in [-0.39, 0.29) is 5.82 Å². The van der Waals surface area contributed by atoms with E-state index in [0.717, 1.165) is 9.26 Å². The zero-order valence-electron chi connectivity index (χ0n) is 8.42. The van der Waals surface area contributed by atoms with Gasteiger partial charge in [0.25, 0.3) is 0 Å². The molecule has 4 nitrogen and oxygen atoms in total. The van der Waals surface area contributed by atoms with E-state index in [0.29, 0.717) is 16.1 Å². The Balaban J connectivity index is 2.35. The van der Waals surface area contributed by atoms with Crippen LogP contribution in [0, 0.1) is 9.39 Å². The quantitative estimate of drug-likeness (QED) is 0.748. The average molecular weight is 409 g/mol. The molecule has 1 aromatic heterocycles. The molecule has 0 radical (unpaired) electrons. The van der Waals surface area contributed by atoms with Crippen molar-refractivity contribution in [2.45, 2.75) is 0 Å². The van der Waals surface area contributed by atoms with Gasteiger partial charge in [0.1, 0.15) is 28.3 Å². The number of nitrogen functional groups attached to an aromatic ring is 1. The van der Waals surface area contributed by atoms with Crippen LogP contribution in [-0.2, 0) is 0 Å². The molecule has 2 aromatic rings. The van der Waals surface area contributed by atoms with Gasteiger partial charge in [0.2, 0.25) is 0 Å². The van der Waals surface area contributed by atoms with Gasteiger partial charge in [-0.15, -0.1) is 0 Å². The number of rotatable bonds is 2. The normalized spacial score (nSPS) is 10.3. The SMILES string of the molecule is Nc1ncnc(Nc2ccc(F)cc2I)c1Br. The molecule has 1 heterocycles. The molecule has 2 rings (SSSR count). The zero-order valence-corrected chi connectivity index (χ0v) is 12.2. The van der Waals surface area contributed by atoms with E-state index in [1.807, 2.05) is 22.6 Å². The molecular weight excluding hydrogens is 402 g/mol. The Bertz CT molecular complexity index is 564. The fourth-order valence-corrected chi connectivity index (χ4v) is 2.11. The number of nitrogens with one attached hydrogen (secondary N) is 1. The van der Waals surface area contributed by atoms with Gasteiger partial charge in [-0.2, -0.15) is 0 Å². The zero-order chi connectivity index (χ0) is 12.4. The summed E-state index contributed by atoms with van der Waals surface area (Å²) in [6.07, 6.45) is 1.36. The summed E-state index contributed by atoms with van der Waals surface area (Å²) < 4.78 is 14.3. The van der Waals surface area contributed by atoms with Crippen molar-refractivity contribution in [3.63, 3.8) is 0 Å². The summed E-state index contributed by atoms with van der Waals surface area (Å²) in [6.45, 7) is 0. The fourth-order valence-electron chi connectivity index (χ4n) is 1.19. The molecule has 0 spiro atoms. The van der Waals surface area contributed by atoms with Gasteiger partial charge in [-0.1, -0.05) is 0 Å². The van der Waals surface area contributed by atoms with Gasteiger partial charge in [0, 0.05) is 3.57 Å². The minimum atomic E-state index is -0.277. The van der Waals surface area contributed by atoms with Gasteiger partial charge in [0.15, 0.2) is 0 Å². The molecule has 0 amide bonds. The Kier molecular flexibility index (Phi) is 3.77.